The number of nitro groups is 1. The van der Waals surface area contributed by atoms with E-state index < -0.39 is 39.1 Å². The fourth-order valence-corrected chi connectivity index (χ4v) is 3.77. The lowest BCUT2D eigenvalue weighted by atomic mass is 10.2. The van der Waals surface area contributed by atoms with Crippen molar-refractivity contribution >= 4 is 56.5 Å². The topological polar surface area (TPSA) is 136 Å². The van der Waals surface area contributed by atoms with Crippen molar-refractivity contribution in [3.8, 4) is 0 Å². The maximum atomic E-state index is 12.3. The molecule has 160 valence electrons. The third-order valence-electron chi connectivity index (χ3n) is 3.68. The smallest absolute Gasteiger partial charge is 0.345 e. The Labute approximate surface area is 181 Å². The van der Waals surface area contributed by atoms with Crippen LogP contribution in [0.4, 0.5) is 11.4 Å². The van der Waals surface area contributed by atoms with Crippen LogP contribution in [0.15, 0.2) is 41.3 Å². The van der Waals surface area contributed by atoms with Gasteiger partial charge >= 0.3 is 5.97 Å². The zero-order chi connectivity index (χ0) is 22.6. The number of carbonyl (C=O) groups excluding carboxylic acids is 2. The van der Waals surface area contributed by atoms with Crippen molar-refractivity contribution < 1.29 is 27.7 Å². The van der Waals surface area contributed by atoms with Crippen LogP contribution in [0.2, 0.25) is 10.0 Å². The van der Waals surface area contributed by atoms with Crippen LogP contribution in [0.3, 0.4) is 0 Å². The molecule has 0 atom stereocenters. The first kappa shape index (κ1) is 23.5. The van der Waals surface area contributed by atoms with E-state index >= 15 is 0 Å². The average Bonchev–Trinajstić information content (AvgIpc) is 2.67. The molecule has 0 aliphatic rings. The lowest BCUT2D eigenvalue weighted by Crippen LogP contribution is -2.23. The molecule has 0 heterocycles. The number of halogens is 2. The van der Waals surface area contributed by atoms with Crippen molar-refractivity contribution in [3.05, 3.63) is 62.1 Å². The quantitative estimate of drug-likeness (QED) is 0.369. The molecule has 0 aliphatic carbocycles. The average molecular weight is 476 g/mol. The number of benzene rings is 2. The normalized spacial score (nSPS) is 11.2. The molecule has 0 radical (unpaired) electrons. The first-order chi connectivity index (χ1) is 13.9. The molecule has 13 heteroatoms. The second kappa shape index (κ2) is 9.39. The molecule has 0 fully saturated rings. The van der Waals surface area contributed by atoms with Gasteiger partial charge in [-0.2, -0.15) is 0 Å². The second-order valence-electron chi connectivity index (χ2n) is 5.98. The van der Waals surface area contributed by atoms with Gasteiger partial charge < -0.3 is 10.1 Å². The Balaban J connectivity index is 2.11. The van der Waals surface area contributed by atoms with Crippen LogP contribution >= 0.6 is 23.2 Å². The number of ether oxygens (including phenoxy) is 1. The molecule has 2 aromatic rings. The summed E-state index contributed by atoms with van der Waals surface area (Å²) in [5.41, 5.74) is -0.842. The number of hydrogen-bond acceptors (Lipinski definition) is 7. The van der Waals surface area contributed by atoms with Crippen molar-refractivity contribution in [2.24, 2.45) is 0 Å². The largest absolute Gasteiger partial charge is 0.452 e. The predicted molar refractivity (Wildman–Crippen MR) is 109 cm³/mol. The summed E-state index contributed by atoms with van der Waals surface area (Å²) in [7, 11) is -1.20. The van der Waals surface area contributed by atoms with E-state index in [1.807, 2.05) is 0 Å². The number of sulfonamides is 1. The molecule has 1 N–H and O–H groups in total. The van der Waals surface area contributed by atoms with E-state index in [1.54, 1.807) is 0 Å². The molecule has 2 aromatic carbocycles. The maximum absolute atomic E-state index is 12.3. The molecule has 1 amide bonds. The third kappa shape index (κ3) is 5.45. The van der Waals surface area contributed by atoms with Crippen molar-refractivity contribution in [2.45, 2.75) is 4.90 Å². The monoisotopic (exact) mass is 475 g/mol. The fourth-order valence-electron chi connectivity index (χ4n) is 2.21. The molecule has 2 rings (SSSR count). The number of rotatable bonds is 7. The number of nitrogens with one attached hydrogen (secondary N) is 1. The number of hydrogen-bond donors (Lipinski definition) is 1. The van der Waals surface area contributed by atoms with Gasteiger partial charge in [-0.1, -0.05) is 23.2 Å². The minimum absolute atomic E-state index is 0.0387. The molecule has 10 nitrogen and oxygen atoms in total. The summed E-state index contributed by atoms with van der Waals surface area (Å²) in [6, 6.07) is 7.17. The van der Waals surface area contributed by atoms with Crippen LogP contribution in [-0.2, 0) is 19.6 Å². The summed E-state index contributed by atoms with van der Waals surface area (Å²) in [5, 5.41) is 13.4. The highest BCUT2D eigenvalue weighted by Gasteiger charge is 2.24. The zero-order valence-corrected chi connectivity index (χ0v) is 17.9. The second-order valence-corrected chi connectivity index (χ2v) is 8.94. The van der Waals surface area contributed by atoms with Gasteiger partial charge in [-0.15, -0.1) is 0 Å². The Morgan fingerprint density at radius 3 is 2.43 bits per heavy atom. The number of carbonyl (C=O) groups is 2. The minimum atomic E-state index is -3.85. The van der Waals surface area contributed by atoms with E-state index in [4.69, 9.17) is 27.9 Å². The summed E-state index contributed by atoms with van der Waals surface area (Å²) in [6.45, 7) is -0.767. The molecule has 0 aliphatic heterocycles. The van der Waals surface area contributed by atoms with Gasteiger partial charge in [-0.25, -0.2) is 17.5 Å². The van der Waals surface area contributed by atoms with Crippen LogP contribution in [0.5, 0.6) is 0 Å². The molecule has 0 saturated carbocycles. The highest BCUT2D eigenvalue weighted by Crippen LogP contribution is 2.27. The molecular formula is C17H15Cl2N3O7S. The van der Waals surface area contributed by atoms with E-state index in [0.717, 1.165) is 22.5 Å². The van der Waals surface area contributed by atoms with Crippen molar-refractivity contribution in [2.75, 3.05) is 26.0 Å². The van der Waals surface area contributed by atoms with Gasteiger partial charge in [-0.05, 0) is 30.3 Å². The standard InChI is InChI=1S/C17H15Cl2N3O7S/c1-21(2)30(27,28)15-8-11(4-6-13(15)19)20-16(23)9-29-17(24)12-5-3-10(18)7-14(12)22(25)26/h3-8H,9H2,1-2H3,(H,20,23). The molecule has 0 aromatic heterocycles. The summed E-state index contributed by atoms with van der Waals surface area (Å²) in [5.74, 6) is -1.89. The van der Waals surface area contributed by atoms with Crippen molar-refractivity contribution in [3.63, 3.8) is 0 Å². The van der Waals surface area contributed by atoms with E-state index in [1.165, 1.54) is 32.3 Å². The van der Waals surface area contributed by atoms with Gasteiger partial charge in [0.05, 0.1) is 9.95 Å². The lowest BCUT2D eigenvalue weighted by Gasteiger charge is -2.14. The first-order valence-electron chi connectivity index (χ1n) is 8.06. The summed E-state index contributed by atoms with van der Waals surface area (Å²) in [4.78, 5) is 34.2. The summed E-state index contributed by atoms with van der Waals surface area (Å²) in [6.07, 6.45) is 0. The molecule has 0 saturated heterocycles. The Bertz CT molecular complexity index is 1120. The summed E-state index contributed by atoms with van der Waals surface area (Å²) >= 11 is 11.6. The highest BCUT2D eigenvalue weighted by molar-refractivity contribution is 7.89. The molecule has 30 heavy (non-hydrogen) atoms. The number of amides is 1. The fraction of sp³-hybridized carbons (Fsp3) is 0.176. The van der Waals surface area contributed by atoms with Crippen LogP contribution in [0.1, 0.15) is 10.4 Å². The van der Waals surface area contributed by atoms with Gasteiger partial charge in [-0.3, -0.25) is 14.9 Å². The van der Waals surface area contributed by atoms with Gasteiger partial charge in [0.15, 0.2) is 6.61 Å². The molecule has 0 unspecified atom stereocenters. The number of nitrogens with zero attached hydrogens (tertiary/aromatic N) is 2. The van der Waals surface area contributed by atoms with Gasteiger partial charge in [0.2, 0.25) is 10.0 Å². The molecule has 0 bridgehead atoms. The van der Waals surface area contributed by atoms with Crippen molar-refractivity contribution in [1.82, 2.24) is 4.31 Å². The van der Waals surface area contributed by atoms with Gasteiger partial charge in [0.25, 0.3) is 11.6 Å². The minimum Gasteiger partial charge on any atom is -0.452 e. The maximum Gasteiger partial charge on any atom is 0.345 e. The van der Waals surface area contributed by atoms with Crippen molar-refractivity contribution in [1.29, 1.82) is 0 Å². The van der Waals surface area contributed by atoms with Gasteiger partial charge in [0.1, 0.15) is 10.5 Å². The Morgan fingerprint density at radius 1 is 1.17 bits per heavy atom. The first-order valence-corrected chi connectivity index (χ1v) is 10.3. The molecular weight excluding hydrogens is 461 g/mol. The number of nitro benzene ring substituents is 1. The lowest BCUT2D eigenvalue weighted by molar-refractivity contribution is -0.385. The summed E-state index contributed by atoms with van der Waals surface area (Å²) < 4.78 is 30.3. The van der Waals surface area contributed by atoms with E-state index in [2.05, 4.69) is 5.32 Å². The number of esters is 1. The van der Waals surface area contributed by atoms with Crippen LogP contribution in [0, 0.1) is 10.1 Å². The van der Waals surface area contributed by atoms with Crippen LogP contribution in [0.25, 0.3) is 0 Å². The van der Waals surface area contributed by atoms with E-state index in [-0.39, 0.29) is 26.2 Å². The Hall–Kier alpha value is -2.73. The molecule has 0 spiro atoms. The SMILES string of the molecule is CN(C)S(=O)(=O)c1cc(NC(=O)COC(=O)c2ccc(Cl)cc2[N+](=O)[O-])ccc1Cl. The number of anilines is 1. The third-order valence-corrected chi connectivity index (χ3v) is 6.22. The Morgan fingerprint density at radius 2 is 1.83 bits per heavy atom. The Kier molecular flexibility index (Phi) is 7.37. The van der Waals surface area contributed by atoms with Crippen LogP contribution in [-0.4, -0.2) is 50.2 Å². The zero-order valence-electron chi connectivity index (χ0n) is 15.6. The van der Waals surface area contributed by atoms with E-state index in [9.17, 15) is 28.1 Å². The van der Waals surface area contributed by atoms with Crippen LogP contribution < -0.4 is 5.32 Å². The highest BCUT2D eigenvalue weighted by atomic mass is 35.5. The van der Waals surface area contributed by atoms with Gasteiger partial charge in [0, 0.05) is 30.9 Å². The predicted octanol–water partition coefficient (Wildman–Crippen LogP) is 2.95. The van der Waals surface area contributed by atoms with E-state index in [0.29, 0.717) is 0 Å².